The SMILES string of the molecule is CN(C(=O)OCC1c2ccccc2-c2ccccc21)[C@@H](Cc1cccc(I)c1)C(=O)O. The van der Waals surface area contributed by atoms with Crippen LogP contribution in [0.25, 0.3) is 11.1 Å². The second-order valence-corrected chi connectivity index (χ2v) is 8.85. The molecule has 1 amide bonds. The van der Waals surface area contributed by atoms with E-state index in [-0.39, 0.29) is 18.9 Å². The fourth-order valence-corrected chi connectivity index (χ4v) is 4.71. The Morgan fingerprint density at radius 1 is 1.00 bits per heavy atom. The number of ether oxygens (including phenoxy) is 1. The Morgan fingerprint density at radius 2 is 1.61 bits per heavy atom. The van der Waals surface area contributed by atoms with Crippen molar-refractivity contribution in [2.45, 2.75) is 18.4 Å². The van der Waals surface area contributed by atoms with Crippen LogP contribution in [0, 0.1) is 3.57 Å². The van der Waals surface area contributed by atoms with Gasteiger partial charge in [-0.1, -0.05) is 60.7 Å². The first-order chi connectivity index (χ1) is 15.0. The molecule has 1 N–H and O–H groups in total. The fourth-order valence-electron chi connectivity index (χ4n) is 4.10. The molecule has 1 atom stereocenters. The van der Waals surface area contributed by atoms with Crippen molar-refractivity contribution in [2.75, 3.05) is 13.7 Å². The van der Waals surface area contributed by atoms with Crippen LogP contribution in [0.5, 0.6) is 0 Å². The number of carboxylic acid groups (broad SMARTS) is 1. The number of hydrogen-bond donors (Lipinski definition) is 1. The number of carboxylic acids is 1. The second kappa shape index (κ2) is 9.09. The van der Waals surface area contributed by atoms with Crippen molar-refractivity contribution in [3.05, 3.63) is 93.1 Å². The van der Waals surface area contributed by atoms with Crippen molar-refractivity contribution in [1.82, 2.24) is 4.90 Å². The first-order valence-corrected chi connectivity index (χ1v) is 11.1. The number of fused-ring (bicyclic) bond motifs is 3. The molecule has 0 radical (unpaired) electrons. The smallest absolute Gasteiger partial charge is 0.410 e. The molecule has 1 aliphatic rings. The van der Waals surface area contributed by atoms with Crippen molar-refractivity contribution in [3.63, 3.8) is 0 Å². The van der Waals surface area contributed by atoms with Crippen LogP contribution in [0.4, 0.5) is 4.79 Å². The van der Waals surface area contributed by atoms with Crippen LogP contribution >= 0.6 is 22.6 Å². The van der Waals surface area contributed by atoms with E-state index in [1.165, 1.54) is 11.9 Å². The molecule has 3 aromatic carbocycles. The molecule has 4 rings (SSSR count). The minimum atomic E-state index is -1.06. The minimum Gasteiger partial charge on any atom is -0.480 e. The lowest BCUT2D eigenvalue weighted by molar-refractivity contribution is -0.142. The van der Waals surface area contributed by atoms with E-state index in [9.17, 15) is 14.7 Å². The van der Waals surface area contributed by atoms with E-state index < -0.39 is 18.1 Å². The van der Waals surface area contributed by atoms with Crippen LogP contribution < -0.4 is 0 Å². The third-order valence-corrected chi connectivity index (χ3v) is 6.37. The summed E-state index contributed by atoms with van der Waals surface area (Å²) in [5.74, 6) is -1.13. The molecule has 5 nitrogen and oxygen atoms in total. The number of halogens is 1. The monoisotopic (exact) mass is 527 g/mol. The van der Waals surface area contributed by atoms with Gasteiger partial charge in [-0.15, -0.1) is 0 Å². The lowest BCUT2D eigenvalue weighted by Crippen LogP contribution is -2.44. The van der Waals surface area contributed by atoms with Gasteiger partial charge >= 0.3 is 12.1 Å². The highest BCUT2D eigenvalue weighted by Gasteiger charge is 2.32. The Hall–Kier alpha value is -2.87. The maximum absolute atomic E-state index is 12.8. The molecule has 0 spiro atoms. The second-order valence-electron chi connectivity index (χ2n) is 7.60. The molecule has 1 aliphatic carbocycles. The molecule has 0 saturated heterocycles. The van der Waals surface area contributed by atoms with Crippen LogP contribution in [0.15, 0.2) is 72.8 Å². The Morgan fingerprint density at radius 3 is 2.19 bits per heavy atom. The largest absolute Gasteiger partial charge is 0.480 e. The molecule has 0 aliphatic heterocycles. The predicted molar refractivity (Wildman–Crippen MR) is 127 cm³/mol. The van der Waals surface area contributed by atoms with Gasteiger partial charge < -0.3 is 9.84 Å². The van der Waals surface area contributed by atoms with Gasteiger partial charge in [-0.2, -0.15) is 0 Å². The molecule has 31 heavy (non-hydrogen) atoms. The topological polar surface area (TPSA) is 66.8 Å². The molecule has 6 heteroatoms. The molecular formula is C25H22INO4. The van der Waals surface area contributed by atoms with Crippen molar-refractivity contribution in [3.8, 4) is 11.1 Å². The highest BCUT2D eigenvalue weighted by molar-refractivity contribution is 14.1. The molecular weight excluding hydrogens is 505 g/mol. The fraction of sp³-hybridized carbons (Fsp3) is 0.200. The standard InChI is InChI=1S/C25H22INO4/c1-27(23(24(28)29)14-16-7-6-8-17(26)13-16)25(30)31-15-22-20-11-4-2-9-18(20)19-10-3-5-12-21(19)22/h2-13,22-23H,14-15H2,1H3,(H,28,29)/t23-/m0/s1. The molecule has 158 valence electrons. The number of aliphatic carboxylic acids is 1. The summed E-state index contributed by atoms with van der Waals surface area (Å²) in [7, 11) is 1.48. The molecule has 0 unspecified atom stereocenters. The van der Waals surface area contributed by atoms with E-state index in [2.05, 4.69) is 46.9 Å². The number of likely N-dealkylation sites (N-methyl/N-ethyl adjacent to an activating group) is 1. The average molecular weight is 527 g/mol. The molecule has 0 bridgehead atoms. The molecule has 3 aromatic rings. The van der Waals surface area contributed by atoms with Crippen LogP contribution in [-0.4, -0.2) is 41.8 Å². The van der Waals surface area contributed by atoms with E-state index in [0.29, 0.717) is 0 Å². The maximum Gasteiger partial charge on any atom is 0.410 e. The van der Waals surface area contributed by atoms with Gasteiger partial charge in [-0.05, 0) is 62.5 Å². The number of nitrogens with zero attached hydrogens (tertiary/aromatic N) is 1. The first-order valence-electron chi connectivity index (χ1n) is 10.0. The molecule has 0 saturated carbocycles. The first kappa shape index (κ1) is 21.4. The Labute approximate surface area is 194 Å². The minimum absolute atomic E-state index is 0.0660. The van der Waals surface area contributed by atoms with Crippen LogP contribution in [-0.2, 0) is 16.0 Å². The summed E-state index contributed by atoms with van der Waals surface area (Å²) in [5.41, 5.74) is 5.39. The highest BCUT2D eigenvalue weighted by atomic mass is 127. The van der Waals surface area contributed by atoms with E-state index in [4.69, 9.17) is 4.74 Å². The van der Waals surface area contributed by atoms with Gasteiger partial charge in [0.25, 0.3) is 0 Å². The van der Waals surface area contributed by atoms with E-state index in [1.54, 1.807) is 0 Å². The Balaban J connectivity index is 1.48. The van der Waals surface area contributed by atoms with Crippen molar-refractivity contribution in [2.24, 2.45) is 0 Å². The van der Waals surface area contributed by atoms with E-state index in [1.807, 2.05) is 48.5 Å². The molecule has 0 fully saturated rings. The number of hydrogen-bond acceptors (Lipinski definition) is 3. The maximum atomic E-state index is 12.8. The molecule has 0 aromatic heterocycles. The van der Waals surface area contributed by atoms with Crippen LogP contribution in [0.1, 0.15) is 22.6 Å². The average Bonchev–Trinajstić information content (AvgIpc) is 3.09. The van der Waals surface area contributed by atoms with Gasteiger partial charge in [0, 0.05) is 23.0 Å². The van der Waals surface area contributed by atoms with Gasteiger partial charge in [-0.25, -0.2) is 9.59 Å². The van der Waals surface area contributed by atoms with E-state index >= 15 is 0 Å². The van der Waals surface area contributed by atoms with Crippen molar-refractivity contribution >= 4 is 34.7 Å². The van der Waals surface area contributed by atoms with E-state index in [0.717, 1.165) is 31.4 Å². The van der Waals surface area contributed by atoms with Gasteiger partial charge in [0.1, 0.15) is 12.6 Å². The zero-order valence-electron chi connectivity index (χ0n) is 17.0. The predicted octanol–water partition coefficient (Wildman–Crippen LogP) is 5.17. The summed E-state index contributed by atoms with van der Waals surface area (Å²) in [6.07, 6.45) is -0.424. The Bertz CT molecular complexity index is 1080. The van der Waals surface area contributed by atoms with Crippen molar-refractivity contribution in [1.29, 1.82) is 0 Å². The lowest BCUT2D eigenvalue weighted by Gasteiger charge is -2.25. The van der Waals surface area contributed by atoms with Crippen LogP contribution in [0.2, 0.25) is 0 Å². The van der Waals surface area contributed by atoms with Crippen LogP contribution in [0.3, 0.4) is 0 Å². The van der Waals surface area contributed by atoms with Gasteiger partial charge in [0.2, 0.25) is 0 Å². The normalized spacial score (nSPS) is 13.2. The summed E-state index contributed by atoms with van der Waals surface area (Å²) < 4.78 is 6.63. The summed E-state index contributed by atoms with van der Waals surface area (Å²) >= 11 is 2.18. The number of carbonyl (C=O) groups excluding carboxylic acids is 1. The Kier molecular flexibility index (Phi) is 6.27. The van der Waals surface area contributed by atoms with Gasteiger partial charge in [-0.3, -0.25) is 4.90 Å². The third-order valence-electron chi connectivity index (χ3n) is 5.69. The zero-order chi connectivity index (χ0) is 22.0. The number of rotatable bonds is 6. The highest BCUT2D eigenvalue weighted by Crippen LogP contribution is 2.44. The quantitative estimate of drug-likeness (QED) is 0.450. The van der Waals surface area contributed by atoms with Gasteiger partial charge in [0.15, 0.2) is 0 Å². The number of amides is 1. The van der Waals surface area contributed by atoms with Crippen molar-refractivity contribution < 1.29 is 19.4 Å². The zero-order valence-corrected chi connectivity index (χ0v) is 19.2. The summed E-state index contributed by atoms with van der Waals surface area (Å²) in [5, 5.41) is 9.71. The number of carbonyl (C=O) groups is 2. The summed E-state index contributed by atoms with van der Waals surface area (Å²) in [4.78, 5) is 25.8. The molecule has 0 heterocycles. The third kappa shape index (κ3) is 4.44. The number of benzene rings is 3. The lowest BCUT2D eigenvalue weighted by atomic mass is 9.98. The summed E-state index contributed by atoms with van der Waals surface area (Å²) in [6.45, 7) is 0.159. The van der Waals surface area contributed by atoms with Gasteiger partial charge in [0.05, 0.1) is 0 Å². The summed E-state index contributed by atoms with van der Waals surface area (Å²) in [6, 6.07) is 22.8.